The first-order valence-corrected chi connectivity index (χ1v) is 5.49. The summed E-state index contributed by atoms with van der Waals surface area (Å²) in [6, 6.07) is 5.20. The van der Waals surface area contributed by atoms with Crippen molar-refractivity contribution in [1.82, 2.24) is 0 Å². The second kappa shape index (κ2) is 3.12. The number of hydrogen-bond donors (Lipinski definition) is 0. The number of fused-ring (bicyclic) bond motifs is 1. The standard InChI is InChI=1S/C8H3ClFIS/c9-5-1-2-6(11)4-3-7(10)12-8(4)5/h1-3H. The summed E-state index contributed by atoms with van der Waals surface area (Å²) in [5.41, 5.74) is 0. The molecule has 0 fully saturated rings. The molecule has 12 heavy (non-hydrogen) atoms. The van der Waals surface area contributed by atoms with Crippen molar-refractivity contribution in [3.05, 3.63) is 31.9 Å². The maximum atomic E-state index is 12.8. The summed E-state index contributed by atoms with van der Waals surface area (Å²) in [4.78, 5) is 0. The first-order valence-electron chi connectivity index (χ1n) is 3.21. The predicted molar refractivity (Wildman–Crippen MR) is 59.5 cm³/mol. The van der Waals surface area contributed by atoms with E-state index in [1.165, 1.54) is 6.07 Å². The minimum Gasteiger partial charge on any atom is -0.195 e. The fourth-order valence-corrected chi connectivity index (χ4v) is 2.91. The van der Waals surface area contributed by atoms with Crippen LogP contribution in [0.1, 0.15) is 0 Å². The fraction of sp³-hybridized carbons (Fsp3) is 0. The summed E-state index contributed by atoms with van der Waals surface area (Å²) in [6.45, 7) is 0. The van der Waals surface area contributed by atoms with Crippen molar-refractivity contribution >= 4 is 55.6 Å². The van der Waals surface area contributed by atoms with Crippen LogP contribution in [0.2, 0.25) is 5.02 Å². The molecule has 1 heterocycles. The number of benzene rings is 1. The van der Waals surface area contributed by atoms with Gasteiger partial charge in [0.2, 0.25) is 0 Å². The Bertz CT molecular complexity index is 399. The van der Waals surface area contributed by atoms with Crippen LogP contribution in [-0.4, -0.2) is 0 Å². The smallest absolute Gasteiger partial charge is 0.177 e. The molecule has 0 unspecified atom stereocenters. The van der Waals surface area contributed by atoms with E-state index in [1.54, 1.807) is 6.07 Å². The van der Waals surface area contributed by atoms with Crippen molar-refractivity contribution < 1.29 is 4.39 Å². The number of halogens is 3. The molecule has 0 saturated heterocycles. The van der Waals surface area contributed by atoms with E-state index in [0.717, 1.165) is 25.0 Å². The lowest BCUT2D eigenvalue weighted by Crippen LogP contribution is -1.71. The Labute approximate surface area is 91.5 Å². The Kier molecular flexibility index (Phi) is 2.27. The van der Waals surface area contributed by atoms with Gasteiger partial charge in [0.25, 0.3) is 0 Å². The van der Waals surface area contributed by atoms with E-state index in [2.05, 4.69) is 22.6 Å². The van der Waals surface area contributed by atoms with Gasteiger partial charge < -0.3 is 0 Å². The summed E-state index contributed by atoms with van der Waals surface area (Å²) >= 11 is 9.14. The highest BCUT2D eigenvalue weighted by atomic mass is 127. The molecule has 2 rings (SSSR count). The van der Waals surface area contributed by atoms with Crippen LogP contribution in [0.4, 0.5) is 4.39 Å². The fourth-order valence-electron chi connectivity index (χ4n) is 1.03. The zero-order valence-corrected chi connectivity index (χ0v) is 9.50. The minimum atomic E-state index is -0.184. The van der Waals surface area contributed by atoms with Gasteiger partial charge in [-0.15, -0.1) is 11.3 Å². The largest absolute Gasteiger partial charge is 0.195 e. The van der Waals surface area contributed by atoms with Crippen LogP contribution in [0.5, 0.6) is 0 Å². The monoisotopic (exact) mass is 312 g/mol. The van der Waals surface area contributed by atoms with E-state index in [-0.39, 0.29) is 5.13 Å². The van der Waals surface area contributed by atoms with Crippen molar-refractivity contribution in [3.8, 4) is 0 Å². The molecular formula is C8H3ClFIS. The lowest BCUT2D eigenvalue weighted by Gasteiger charge is -1.94. The Morgan fingerprint density at radius 3 is 2.83 bits per heavy atom. The van der Waals surface area contributed by atoms with E-state index in [0.29, 0.717) is 5.02 Å². The van der Waals surface area contributed by atoms with Crippen molar-refractivity contribution in [2.45, 2.75) is 0 Å². The summed E-state index contributed by atoms with van der Waals surface area (Å²) in [5, 5.41) is 1.35. The van der Waals surface area contributed by atoms with Crippen LogP contribution >= 0.6 is 45.5 Å². The molecule has 1 aromatic carbocycles. The summed E-state index contributed by atoms with van der Waals surface area (Å²) < 4.78 is 14.7. The molecule has 0 bridgehead atoms. The third kappa shape index (κ3) is 1.34. The molecule has 1 aromatic heterocycles. The molecule has 0 radical (unpaired) electrons. The minimum absolute atomic E-state index is 0.184. The van der Waals surface area contributed by atoms with Crippen LogP contribution in [-0.2, 0) is 0 Å². The quantitative estimate of drug-likeness (QED) is 0.636. The molecule has 0 amide bonds. The van der Waals surface area contributed by atoms with Crippen molar-refractivity contribution in [1.29, 1.82) is 0 Å². The highest BCUT2D eigenvalue weighted by Crippen LogP contribution is 2.33. The predicted octanol–water partition coefficient (Wildman–Crippen LogP) is 4.30. The maximum Gasteiger partial charge on any atom is 0.177 e. The second-order valence-corrected chi connectivity index (χ2v) is 4.89. The summed E-state index contributed by atoms with van der Waals surface area (Å²) in [5.74, 6) is 0. The van der Waals surface area contributed by atoms with Crippen molar-refractivity contribution in [2.75, 3.05) is 0 Å². The van der Waals surface area contributed by atoms with Gasteiger partial charge in [0.15, 0.2) is 5.13 Å². The van der Waals surface area contributed by atoms with Gasteiger partial charge in [-0.05, 0) is 40.8 Å². The Morgan fingerprint density at radius 2 is 2.17 bits per heavy atom. The van der Waals surface area contributed by atoms with Gasteiger partial charge in [0.1, 0.15) is 0 Å². The van der Waals surface area contributed by atoms with E-state index < -0.39 is 0 Å². The highest BCUT2D eigenvalue weighted by molar-refractivity contribution is 14.1. The molecule has 0 N–H and O–H groups in total. The number of rotatable bonds is 0. The van der Waals surface area contributed by atoms with Crippen molar-refractivity contribution in [3.63, 3.8) is 0 Å². The molecule has 0 saturated carbocycles. The van der Waals surface area contributed by atoms with Crippen LogP contribution in [0.3, 0.4) is 0 Å². The molecule has 0 atom stereocenters. The third-order valence-corrected chi connectivity index (χ3v) is 3.88. The van der Waals surface area contributed by atoms with Crippen LogP contribution < -0.4 is 0 Å². The lowest BCUT2D eigenvalue weighted by atomic mass is 10.3. The van der Waals surface area contributed by atoms with E-state index in [1.807, 2.05) is 6.07 Å². The molecular weight excluding hydrogens is 310 g/mol. The molecule has 2 aromatic rings. The van der Waals surface area contributed by atoms with Crippen LogP contribution in [0.25, 0.3) is 10.1 Å². The molecule has 0 aliphatic rings. The lowest BCUT2D eigenvalue weighted by molar-refractivity contribution is 0.658. The average molecular weight is 313 g/mol. The summed E-state index contributed by atoms with van der Waals surface area (Å²) in [7, 11) is 0. The van der Waals surface area contributed by atoms with Crippen LogP contribution in [0.15, 0.2) is 18.2 Å². The summed E-state index contributed by atoms with van der Waals surface area (Å²) in [6.07, 6.45) is 0. The first-order chi connectivity index (χ1) is 5.68. The van der Waals surface area contributed by atoms with Crippen molar-refractivity contribution in [2.24, 2.45) is 0 Å². The van der Waals surface area contributed by atoms with Gasteiger partial charge >= 0.3 is 0 Å². The molecule has 0 aliphatic heterocycles. The molecule has 0 nitrogen and oxygen atoms in total. The third-order valence-electron chi connectivity index (χ3n) is 1.55. The normalized spacial score (nSPS) is 10.9. The maximum absolute atomic E-state index is 12.8. The zero-order chi connectivity index (χ0) is 8.72. The number of thiophene rings is 1. The average Bonchev–Trinajstić information content (AvgIpc) is 2.41. The molecule has 4 heteroatoms. The zero-order valence-electron chi connectivity index (χ0n) is 5.77. The Balaban J connectivity index is 2.93. The van der Waals surface area contributed by atoms with E-state index in [4.69, 9.17) is 11.6 Å². The molecule has 62 valence electrons. The van der Waals surface area contributed by atoms with Gasteiger partial charge in [-0.25, -0.2) is 0 Å². The first kappa shape index (κ1) is 8.72. The van der Waals surface area contributed by atoms with Gasteiger partial charge in [-0.3, -0.25) is 0 Å². The van der Waals surface area contributed by atoms with E-state index in [9.17, 15) is 4.39 Å². The Morgan fingerprint density at radius 1 is 1.42 bits per heavy atom. The highest BCUT2D eigenvalue weighted by Gasteiger charge is 2.07. The molecule has 0 spiro atoms. The molecule has 0 aliphatic carbocycles. The van der Waals surface area contributed by atoms with Gasteiger partial charge in [-0.2, -0.15) is 4.39 Å². The van der Waals surface area contributed by atoms with Gasteiger partial charge in [-0.1, -0.05) is 11.6 Å². The van der Waals surface area contributed by atoms with Crippen LogP contribution in [0, 0.1) is 8.70 Å². The topological polar surface area (TPSA) is 0 Å². The number of hydrogen-bond acceptors (Lipinski definition) is 1. The van der Waals surface area contributed by atoms with E-state index >= 15 is 0 Å². The van der Waals surface area contributed by atoms with Gasteiger partial charge in [0.05, 0.1) is 9.72 Å². The Hall–Kier alpha value is 0.130. The second-order valence-electron chi connectivity index (χ2n) is 2.32. The van der Waals surface area contributed by atoms with Gasteiger partial charge in [0, 0.05) is 8.96 Å². The SMILES string of the molecule is Fc1cc2c(I)ccc(Cl)c2s1.